The van der Waals surface area contributed by atoms with Gasteiger partial charge in [0.05, 0.1) is 5.60 Å². The fourth-order valence-corrected chi connectivity index (χ4v) is 1.77. The third kappa shape index (κ3) is 1.81. The SMILES string of the molecule is C=C(C)C1CCC(C)(O)C(O)C1=N. The molecule has 3 N–H and O–H groups in total. The lowest BCUT2D eigenvalue weighted by molar-refractivity contribution is -0.0472. The molecule has 1 fully saturated rings. The molecule has 3 heteroatoms. The minimum atomic E-state index is -1.14. The molecular weight excluding hydrogens is 166 g/mol. The lowest BCUT2D eigenvalue weighted by atomic mass is 9.74. The summed E-state index contributed by atoms with van der Waals surface area (Å²) >= 11 is 0. The molecule has 0 aromatic heterocycles. The molecule has 1 aliphatic carbocycles. The van der Waals surface area contributed by atoms with Crippen LogP contribution in [0, 0.1) is 11.3 Å². The van der Waals surface area contributed by atoms with Crippen molar-refractivity contribution >= 4 is 5.71 Å². The van der Waals surface area contributed by atoms with Crippen molar-refractivity contribution in [1.29, 1.82) is 5.41 Å². The van der Waals surface area contributed by atoms with Crippen LogP contribution in [-0.2, 0) is 0 Å². The molecule has 3 nitrogen and oxygen atoms in total. The maximum absolute atomic E-state index is 9.69. The smallest absolute Gasteiger partial charge is 0.120 e. The monoisotopic (exact) mass is 183 g/mol. The summed E-state index contributed by atoms with van der Waals surface area (Å²) < 4.78 is 0. The van der Waals surface area contributed by atoms with Crippen LogP contribution in [0.25, 0.3) is 0 Å². The van der Waals surface area contributed by atoms with E-state index in [9.17, 15) is 10.2 Å². The Morgan fingerprint density at radius 3 is 2.69 bits per heavy atom. The second kappa shape index (κ2) is 3.24. The van der Waals surface area contributed by atoms with Crippen LogP contribution in [0.15, 0.2) is 12.2 Å². The topological polar surface area (TPSA) is 64.3 Å². The lowest BCUT2D eigenvalue weighted by Crippen LogP contribution is -2.51. The van der Waals surface area contributed by atoms with Crippen molar-refractivity contribution in [2.24, 2.45) is 5.92 Å². The van der Waals surface area contributed by atoms with E-state index in [0.717, 1.165) is 5.57 Å². The van der Waals surface area contributed by atoms with E-state index < -0.39 is 11.7 Å². The van der Waals surface area contributed by atoms with Gasteiger partial charge in [-0.15, -0.1) is 0 Å². The summed E-state index contributed by atoms with van der Waals surface area (Å²) in [5.74, 6) is -0.0600. The average Bonchev–Trinajstić information content (AvgIpc) is 2.00. The predicted molar refractivity (Wildman–Crippen MR) is 51.9 cm³/mol. The van der Waals surface area contributed by atoms with E-state index in [1.807, 2.05) is 6.92 Å². The molecule has 0 aromatic rings. The molecule has 0 amide bonds. The highest BCUT2D eigenvalue weighted by Gasteiger charge is 2.41. The van der Waals surface area contributed by atoms with Gasteiger partial charge in [0.25, 0.3) is 0 Å². The summed E-state index contributed by atoms with van der Waals surface area (Å²) in [6, 6.07) is 0. The van der Waals surface area contributed by atoms with Crippen LogP contribution in [0.1, 0.15) is 26.7 Å². The number of aliphatic hydroxyl groups is 2. The third-order valence-corrected chi connectivity index (χ3v) is 2.79. The summed E-state index contributed by atoms with van der Waals surface area (Å²) in [6.45, 7) is 7.20. The van der Waals surface area contributed by atoms with Gasteiger partial charge in [-0.2, -0.15) is 0 Å². The highest BCUT2D eigenvalue weighted by Crippen LogP contribution is 2.32. The van der Waals surface area contributed by atoms with E-state index >= 15 is 0 Å². The molecule has 0 radical (unpaired) electrons. The Bertz CT molecular complexity index is 245. The minimum Gasteiger partial charge on any atom is -0.387 e. The van der Waals surface area contributed by atoms with Gasteiger partial charge in [-0.3, -0.25) is 0 Å². The number of nitrogens with one attached hydrogen (secondary N) is 1. The van der Waals surface area contributed by atoms with Crippen LogP contribution >= 0.6 is 0 Å². The zero-order valence-corrected chi connectivity index (χ0v) is 8.17. The van der Waals surface area contributed by atoms with E-state index in [-0.39, 0.29) is 11.6 Å². The molecule has 0 saturated heterocycles. The second-order valence-corrected chi connectivity index (χ2v) is 4.15. The highest BCUT2D eigenvalue weighted by atomic mass is 16.3. The fraction of sp³-hybridized carbons (Fsp3) is 0.700. The zero-order chi connectivity index (χ0) is 10.2. The number of rotatable bonds is 1. The fourth-order valence-electron chi connectivity index (χ4n) is 1.77. The standard InChI is InChI=1S/C10H17NO2/c1-6(2)7-4-5-10(3,13)9(12)8(7)11/h7,9,11-13H,1,4-5H2,2-3H3. The largest absolute Gasteiger partial charge is 0.387 e. The van der Waals surface area contributed by atoms with Crippen LogP contribution in [0.5, 0.6) is 0 Å². The lowest BCUT2D eigenvalue weighted by Gasteiger charge is -2.38. The van der Waals surface area contributed by atoms with Gasteiger partial charge in [0.15, 0.2) is 0 Å². The quantitative estimate of drug-likeness (QED) is 0.533. The van der Waals surface area contributed by atoms with Gasteiger partial charge >= 0.3 is 0 Å². The third-order valence-electron chi connectivity index (χ3n) is 2.79. The summed E-state index contributed by atoms with van der Waals surface area (Å²) in [5, 5.41) is 27.0. The van der Waals surface area contributed by atoms with Gasteiger partial charge in [-0.05, 0) is 26.7 Å². The molecule has 0 aromatic carbocycles. The zero-order valence-electron chi connectivity index (χ0n) is 8.17. The van der Waals surface area contributed by atoms with Crippen molar-refractivity contribution in [2.75, 3.05) is 0 Å². The van der Waals surface area contributed by atoms with Crippen molar-refractivity contribution in [3.63, 3.8) is 0 Å². The summed E-state index contributed by atoms with van der Waals surface area (Å²) in [6.07, 6.45) is 0.190. The molecule has 1 rings (SSSR count). The van der Waals surface area contributed by atoms with E-state index in [2.05, 4.69) is 6.58 Å². The maximum Gasteiger partial charge on any atom is 0.120 e. The minimum absolute atomic E-state index is 0.0600. The first kappa shape index (κ1) is 10.4. The Balaban J connectivity index is 2.83. The number of allylic oxidation sites excluding steroid dienone is 1. The Labute approximate surface area is 78.6 Å². The van der Waals surface area contributed by atoms with Crippen molar-refractivity contribution in [3.05, 3.63) is 12.2 Å². The Kier molecular flexibility index (Phi) is 2.59. The van der Waals surface area contributed by atoms with Crippen molar-refractivity contribution in [2.45, 2.75) is 38.4 Å². The molecule has 1 saturated carbocycles. The van der Waals surface area contributed by atoms with Gasteiger partial charge in [-0.25, -0.2) is 0 Å². The molecule has 13 heavy (non-hydrogen) atoms. The second-order valence-electron chi connectivity index (χ2n) is 4.15. The molecule has 0 bridgehead atoms. The van der Waals surface area contributed by atoms with Crippen LogP contribution in [0.2, 0.25) is 0 Å². The Morgan fingerprint density at radius 1 is 1.69 bits per heavy atom. The Hall–Kier alpha value is -0.670. The summed E-state index contributed by atoms with van der Waals surface area (Å²) in [5.41, 5.74) is -0.0495. The molecule has 0 heterocycles. The molecule has 74 valence electrons. The van der Waals surface area contributed by atoms with E-state index in [1.54, 1.807) is 6.92 Å². The average molecular weight is 183 g/mol. The molecular formula is C10H17NO2. The van der Waals surface area contributed by atoms with Gasteiger partial charge in [0.2, 0.25) is 0 Å². The molecule has 3 unspecified atom stereocenters. The van der Waals surface area contributed by atoms with Gasteiger partial charge < -0.3 is 15.6 Å². The van der Waals surface area contributed by atoms with Gasteiger partial charge in [-0.1, -0.05) is 12.2 Å². The van der Waals surface area contributed by atoms with E-state index in [0.29, 0.717) is 12.8 Å². The summed E-state index contributed by atoms with van der Waals surface area (Å²) in [7, 11) is 0. The van der Waals surface area contributed by atoms with Crippen molar-refractivity contribution < 1.29 is 10.2 Å². The van der Waals surface area contributed by atoms with E-state index in [4.69, 9.17) is 5.41 Å². The first-order chi connectivity index (χ1) is 5.86. The summed E-state index contributed by atoms with van der Waals surface area (Å²) in [4.78, 5) is 0. The first-order valence-corrected chi connectivity index (χ1v) is 4.50. The highest BCUT2D eigenvalue weighted by molar-refractivity contribution is 5.91. The van der Waals surface area contributed by atoms with Crippen LogP contribution in [0.3, 0.4) is 0 Å². The van der Waals surface area contributed by atoms with Gasteiger partial charge in [0.1, 0.15) is 6.10 Å². The molecule has 0 spiro atoms. The van der Waals surface area contributed by atoms with E-state index in [1.165, 1.54) is 0 Å². The van der Waals surface area contributed by atoms with Crippen LogP contribution in [-0.4, -0.2) is 27.6 Å². The van der Waals surface area contributed by atoms with Crippen LogP contribution < -0.4 is 0 Å². The first-order valence-electron chi connectivity index (χ1n) is 4.50. The Morgan fingerprint density at radius 2 is 2.23 bits per heavy atom. The molecule has 0 aliphatic heterocycles. The molecule has 3 atom stereocenters. The number of aliphatic hydroxyl groups excluding tert-OH is 1. The van der Waals surface area contributed by atoms with Crippen molar-refractivity contribution in [3.8, 4) is 0 Å². The van der Waals surface area contributed by atoms with Crippen LogP contribution in [0.4, 0.5) is 0 Å². The van der Waals surface area contributed by atoms with Gasteiger partial charge in [0, 0.05) is 11.6 Å². The normalized spacial score (nSPS) is 40.5. The predicted octanol–water partition coefficient (Wildman–Crippen LogP) is 1.10. The van der Waals surface area contributed by atoms with Crippen molar-refractivity contribution in [1.82, 2.24) is 0 Å². The maximum atomic E-state index is 9.69. The molecule has 1 aliphatic rings. The number of hydrogen-bond donors (Lipinski definition) is 3. The number of hydrogen-bond acceptors (Lipinski definition) is 3.